The highest BCUT2D eigenvalue weighted by Crippen LogP contribution is 2.40. The molecule has 1 N–H and O–H groups in total. The summed E-state index contributed by atoms with van der Waals surface area (Å²) in [6, 6.07) is 12.1. The number of esters is 1. The van der Waals surface area contributed by atoms with Crippen molar-refractivity contribution >= 4 is 34.8 Å². The van der Waals surface area contributed by atoms with Gasteiger partial charge in [0.15, 0.2) is 0 Å². The molecule has 0 atom stereocenters. The number of ether oxygens (including phenoxy) is 3. The molecule has 166 valence electrons. The Balaban J connectivity index is 2.03. The van der Waals surface area contributed by atoms with Crippen LogP contribution in [0.3, 0.4) is 0 Å². The molecular weight excluding hydrogens is 430 g/mol. The van der Waals surface area contributed by atoms with Crippen LogP contribution >= 0.6 is 11.8 Å². The Morgan fingerprint density at radius 3 is 2.44 bits per heavy atom. The molecule has 1 amide bonds. The van der Waals surface area contributed by atoms with Crippen LogP contribution in [0.1, 0.15) is 28.4 Å². The van der Waals surface area contributed by atoms with E-state index in [4.69, 9.17) is 14.2 Å². The summed E-state index contributed by atoms with van der Waals surface area (Å²) in [5.41, 5.74) is 1.89. The maximum absolute atomic E-state index is 12.7. The summed E-state index contributed by atoms with van der Waals surface area (Å²) in [6.07, 6.45) is 1.65. The van der Waals surface area contributed by atoms with E-state index in [1.807, 2.05) is 6.92 Å². The summed E-state index contributed by atoms with van der Waals surface area (Å²) >= 11 is 1.01. The van der Waals surface area contributed by atoms with Crippen LogP contribution < -0.4 is 9.47 Å². The monoisotopic (exact) mass is 453 g/mol. The summed E-state index contributed by atoms with van der Waals surface area (Å²) in [4.78, 5) is 29.6. The largest absolute Gasteiger partial charge is 0.506 e. The number of hydrogen-bond donors (Lipinski definition) is 1. The molecule has 32 heavy (non-hydrogen) atoms. The molecule has 0 saturated heterocycles. The average molecular weight is 454 g/mol. The van der Waals surface area contributed by atoms with E-state index in [0.717, 1.165) is 17.3 Å². The van der Waals surface area contributed by atoms with Gasteiger partial charge in [0.05, 0.1) is 25.7 Å². The van der Waals surface area contributed by atoms with Gasteiger partial charge in [-0.3, -0.25) is 4.79 Å². The number of aliphatic hydroxyl groups is 1. The molecule has 1 aliphatic rings. The molecule has 0 aromatic heterocycles. The number of rotatable bonds is 6. The molecule has 0 saturated carbocycles. The molecule has 2 aromatic carbocycles. The highest BCUT2D eigenvalue weighted by Gasteiger charge is 2.34. The van der Waals surface area contributed by atoms with E-state index in [1.54, 1.807) is 62.6 Å². The third kappa shape index (κ3) is 5.03. The van der Waals surface area contributed by atoms with Crippen LogP contribution in [0.4, 0.5) is 0 Å². The molecule has 8 heteroatoms. The first-order chi connectivity index (χ1) is 15.4. The lowest BCUT2D eigenvalue weighted by molar-refractivity contribution is -0.138. The molecule has 0 radical (unpaired) electrons. The topological polar surface area (TPSA) is 94.4 Å². The van der Waals surface area contributed by atoms with Crippen molar-refractivity contribution in [1.29, 1.82) is 0 Å². The molecule has 0 bridgehead atoms. The second kappa shape index (κ2) is 10.2. The van der Waals surface area contributed by atoms with Gasteiger partial charge in [0, 0.05) is 17.2 Å². The van der Waals surface area contributed by atoms with Crippen LogP contribution in [0.2, 0.25) is 0 Å². The highest BCUT2D eigenvalue weighted by molar-refractivity contribution is 8.18. The van der Waals surface area contributed by atoms with Gasteiger partial charge in [-0.15, -0.1) is 0 Å². The zero-order valence-corrected chi connectivity index (χ0v) is 19.0. The van der Waals surface area contributed by atoms with E-state index in [2.05, 4.69) is 4.99 Å². The molecule has 1 aliphatic heterocycles. The molecule has 0 unspecified atom stereocenters. The van der Waals surface area contributed by atoms with Crippen LogP contribution in [-0.2, 0) is 9.53 Å². The van der Waals surface area contributed by atoms with Crippen LogP contribution in [0.15, 0.2) is 63.7 Å². The number of nitrogens with zero attached hydrogens (tertiary/aromatic N) is 1. The molecule has 0 aliphatic carbocycles. The second-order valence-electron chi connectivity index (χ2n) is 6.75. The second-order valence-corrected chi connectivity index (χ2v) is 7.78. The number of hydrogen-bond acceptors (Lipinski definition) is 7. The Bertz CT molecular complexity index is 1130. The fourth-order valence-electron chi connectivity index (χ4n) is 2.92. The van der Waals surface area contributed by atoms with Crippen molar-refractivity contribution in [1.82, 2.24) is 0 Å². The highest BCUT2D eigenvalue weighted by atomic mass is 32.2. The van der Waals surface area contributed by atoms with Crippen molar-refractivity contribution in [2.24, 2.45) is 4.99 Å². The van der Waals surface area contributed by atoms with E-state index < -0.39 is 11.9 Å². The standard InChI is InChI=1S/C24H23NO6S/c1-5-31-24(28)20-21(26)19(12-16-10-11-17(29-3)13-18(16)30-4)32-23(20)25-22(27)15-8-6-14(2)7-9-15/h6-13,26H,5H2,1-4H3/b19-12-,25-23?. The summed E-state index contributed by atoms with van der Waals surface area (Å²) in [6.45, 7) is 3.69. The third-order valence-corrected chi connectivity index (χ3v) is 5.62. The van der Waals surface area contributed by atoms with Gasteiger partial charge in [-0.05, 0) is 44.2 Å². The SMILES string of the molecule is CCOC(=O)C1=C(O)/C(=C/c2ccc(OC)cc2OC)SC1=NC(=O)c1ccc(C)cc1. The number of aliphatic imine (C=N–C) groups is 1. The van der Waals surface area contributed by atoms with Crippen molar-refractivity contribution in [2.75, 3.05) is 20.8 Å². The fraction of sp³-hybridized carbons (Fsp3) is 0.208. The molecule has 3 rings (SSSR count). The van der Waals surface area contributed by atoms with Gasteiger partial charge in [0.2, 0.25) is 0 Å². The van der Waals surface area contributed by atoms with E-state index in [-0.39, 0.29) is 23.0 Å². The van der Waals surface area contributed by atoms with Crippen molar-refractivity contribution < 1.29 is 28.9 Å². The quantitative estimate of drug-likeness (QED) is 0.633. The molecular formula is C24H23NO6S. The number of methoxy groups -OCH3 is 2. The van der Waals surface area contributed by atoms with Crippen LogP contribution in [0, 0.1) is 6.92 Å². The lowest BCUT2D eigenvalue weighted by Crippen LogP contribution is -2.14. The van der Waals surface area contributed by atoms with E-state index >= 15 is 0 Å². The predicted octanol–water partition coefficient (Wildman–Crippen LogP) is 4.71. The van der Waals surface area contributed by atoms with Crippen molar-refractivity contribution in [3.05, 3.63) is 75.4 Å². The van der Waals surface area contributed by atoms with Gasteiger partial charge < -0.3 is 19.3 Å². The van der Waals surface area contributed by atoms with Gasteiger partial charge in [-0.2, -0.15) is 0 Å². The number of carbonyl (C=O) groups excluding carboxylic acids is 2. The number of aliphatic hydroxyl groups excluding tert-OH is 1. The van der Waals surface area contributed by atoms with Gasteiger partial charge in [0.25, 0.3) is 5.91 Å². The minimum atomic E-state index is -0.752. The molecule has 2 aromatic rings. The Morgan fingerprint density at radius 2 is 1.81 bits per heavy atom. The molecule has 7 nitrogen and oxygen atoms in total. The first kappa shape index (κ1) is 23.1. The molecule has 0 spiro atoms. The minimum absolute atomic E-state index is 0.0743. The number of benzene rings is 2. The summed E-state index contributed by atoms with van der Waals surface area (Å²) in [5, 5.41) is 10.9. The van der Waals surface area contributed by atoms with Gasteiger partial charge >= 0.3 is 5.97 Å². The normalized spacial score (nSPS) is 15.9. The van der Waals surface area contributed by atoms with Crippen LogP contribution in [0.5, 0.6) is 11.5 Å². The summed E-state index contributed by atoms with van der Waals surface area (Å²) in [7, 11) is 3.07. The summed E-state index contributed by atoms with van der Waals surface area (Å²) in [5.74, 6) is -0.449. The van der Waals surface area contributed by atoms with Crippen molar-refractivity contribution in [2.45, 2.75) is 13.8 Å². The maximum atomic E-state index is 12.7. The molecule has 1 heterocycles. The Hall–Kier alpha value is -3.52. The van der Waals surface area contributed by atoms with Gasteiger partial charge in [-0.1, -0.05) is 29.5 Å². The van der Waals surface area contributed by atoms with Gasteiger partial charge in [0.1, 0.15) is 27.9 Å². The van der Waals surface area contributed by atoms with Crippen molar-refractivity contribution in [3.8, 4) is 11.5 Å². The number of carbonyl (C=O) groups is 2. The first-order valence-corrected chi connectivity index (χ1v) is 10.6. The third-order valence-electron chi connectivity index (χ3n) is 4.60. The fourth-order valence-corrected chi connectivity index (χ4v) is 3.93. The Kier molecular flexibility index (Phi) is 7.37. The first-order valence-electron chi connectivity index (χ1n) is 9.80. The lowest BCUT2D eigenvalue weighted by atomic mass is 10.1. The van der Waals surface area contributed by atoms with E-state index in [0.29, 0.717) is 27.5 Å². The smallest absolute Gasteiger partial charge is 0.344 e. The van der Waals surface area contributed by atoms with Crippen LogP contribution in [0.25, 0.3) is 6.08 Å². The zero-order chi connectivity index (χ0) is 23.3. The minimum Gasteiger partial charge on any atom is -0.506 e. The van der Waals surface area contributed by atoms with E-state index in [9.17, 15) is 14.7 Å². The molecule has 0 fully saturated rings. The number of aryl methyl sites for hydroxylation is 1. The Labute approximate surface area is 190 Å². The maximum Gasteiger partial charge on any atom is 0.344 e. The van der Waals surface area contributed by atoms with Crippen LogP contribution in [-0.4, -0.2) is 42.9 Å². The lowest BCUT2D eigenvalue weighted by Gasteiger charge is -2.08. The van der Waals surface area contributed by atoms with Gasteiger partial charge in [-0.25, -0.2) is 9.79 Å². The number of thioether (sulfide) groups is 1. The van der Waals surface area contributed by atoms with Crippen molar-refractivity contribution in [3.63, 3.8) is 0 Å². The average Bonchev–Trinajstić information content (AvgIpc) is 3.09. The zero-order valence-electron chi connectivity index (χ0n) is 18.2. The van der Waals surface area contributed by atoms with E-state index in [1.165, 1.54) is 7.11 Å². The predicted molar refractivity (Wildman–Crippen MR) is 124 cm³/mol. The number of amides is 1. The summed E-state index contributed by atoms with van der Waals surface area (Å²) < 4.78 is 15.7. The Morgan fingerprint density at radius 1 is 1.09 bits per heavy atom.